The lowest BCUT2D eigenvalue weighted by Crippen LogP contribution is -2.40. The Balaban J connectivity index is 2.03. The van der Waals surface area contributed by atoms with Crippen molar-refractivity contribution in [3.63, 3.8) is 0 Å². The number of hydrogen-bond donors (Lipinski definition) is 2. The molecule has 0 saturated heterocycles. The minimum Gasteiger partial charge on any atom is -0.327 e. The standard InChI is InChI=1S/C16H14N2O/c19-16-17-11-14(12-7-3-1-4-8-12)15(18-16)13-9-5-2-6-10-13/h1-11,15H,(H2,17,18,19). The Kier molecular flexibility index (Phi) is 3.02. The molecule has 2 amide bonds. The molecule has 1 atom stereocenters. The monoisotopic (exact) mass is 250 g/mol. The topological polar surface area (TPSA) is 41.1 Å². The number of nitrogens with one attached hydrogen (secondary N) is 2. The van der Waals surface area contributed by atoms with Crippen molar-refractivity contribution in [1.29, 1.82) is 0 Å². The van der Waals surface area contributed by atoms with Gasteiger partial charge in [-0.3, -0.25) is 0 Å². The second kappa shape index (κ2) is 4.98. The fourth-order valence-corrected chi connectivity index (χ4v) is 2.27. The average Bonchev–Trinajstić information content (AvgIpc) is 2.49. The van der Waals surface area contributed by atoms with Crippen LogP contribution in [0.5, 0.6) is 0 Å². The van der Waals surface area contributed by atoms with Crippen LogP contribution in [-0.4, -0.2) is 6.03 Å². The minimum absolute atomic E-state index is 0.114. The van der Waals surface area contributed by atoms with Gasteiger partial charge in [0.1, 0.15) is 0 Å². The van der Waals surface area contributed by atoms with E-state index in [9.17, 15) is 4.79 Å². The normalized spacial score (nSPS) is 18.2. The van der Waals surface area contributed by atoms with E-state index in [0.717, 1.165) is 16.7 Å². The second-order valence-corrected chi connectivity index (χ2v) is 4.43. The van der Waals surface area contributed by atoms with Gasteiger partial charge in [-0.25, -0.2) is 4.79 Å². The molecule has 3 nitrogen and oxygen atoms in total. The number of carbonyl (C=O) groups is 1. The first-order valence-corrected chi connectivity index (χ1v) is 6.22. The Morgan fingerprint density at radius 1 is 0.842 bits per heavy atom. The molecule has 3 heteroatoms. The third-order valence-corrected chi connectivity index (χ3v) is 3.19. The smallest absolute Gasteiger partial charge is 0.319 e. The van der Waals surface area contributed by atoms with Crippen LogP contribution >= 0.6 is 0 Å². The van der Waals surface area contributed by atoms with Crippen molar-refractivity contribution in [2.75, 3.05) is 0 Å². The molecule has 19 heavy (non-hydrogen) atoms. The molecule has 1 heterocycles. The van der Waals surface area contributed by atoms with E-state index in [1.54, 1.807) is 6.20 Å². The summed E-state index contributed by atoms with van der Waals surface area (Å²) in [6.07, 6.45) is 1.78. The lowest BCUT2D eigenvalue weighted by molar-refractivity contribution is 0.241. The van der Waals surface area contributed by atoms with Gasteiger partial charge in [-0.1, -0.05) is 60.7 Å². The largest absolute Gasteiger partial charge is 0.327 e. The van der Waals surface area contributed by atoms with Gasteiger partial charge >= 0.3 is 6.03 Å². The van der Waals surface area contributed by atoms with Crippen molar-refractivity contribution in [3.8, 4) is 0 Å². The number of urea groups is 1. The summed E-state index contributed by atoms with van der Waals surface area (Å²) in [5.74, 6) is 0. The number of amides is 2. The summed E-state index contributed by atoms with van der Waals surface area (Å²) in [6, 6.07) is 19.7. The van der Waals surface area contributed by atoms with Gasteiger partial charge in [-0.05, 0) is 11.1 Å². The van der Waals surface area contributed by atoms with Gasteiger partial charge in [-0.15, -0.1) is 0 Å². The highest BCUT2D eigenvalue weighted by atomic mass is 16.2. The Labute approximate surface area is 112 Å². The lowest BCUT2D eigenvalue weighted by Gasteiger charge is -2.26. The zero-order chi connectivity index (χ0) is 13.1. The Morgan fingerprint density at radius 2 is 1.47 bits per heavy atom. The van der Waals surface area contributed by atoms with Crippen LogP contribution in [0.25, 0.3) is 5.57 Å². The average molecular weight is 250 g/mol. The van der Waals surface area contributed by atoms with Crippen LogP contribution in [0.3, 0.4) is 0 Å². The quantitative estimate of drug-likeness (QED) is 0.845. The SMILES string of the molecule is O=C1NC=C(c2ccccc2)C(c2ccccc2)N1. The molecule has 0 bridgehead atoms. The minimum atomic E-state index is -0.173. The Hall–Kier alpha value is -2.55. The van der Waals surface area contributed by atoms with Crippen molar-refractivity contribution in [2.45, 2.75) is 6.04 Å². The van der Waals surface area contributed by atoms with E-state index < -0.39 is 0 Å². The molecule has 0 aliphatic carbocycles. The maximum atomic E-state index is 11.6. The van der Waals surface area contributed by atoms with Crippen LogP contribution in [-0.2, 0) is 0 Å². The van der Waals surface area contributed by atoms with Crippen LogP contribution in [0.4, 0.5) is 4.79 Å². The lowest BCUT2D eigenvalue weighted by atomic mass is 9.93. The Morgan fingerprint density at radius 3 is 2.16 bits per heavy atom. The highest BCUT2D eigenvalue weighted by Gasteiger charge is 2.23. The summed E-state index contributed by atoms with van der Waals surface area (Å²) in [5, 5.41) is 5.68. The summed E-state index contributed by atoms with van der Waals surface area (Å²) < 4.78 is 0. The van der Waals surface area contributed by atoms with E-state index in [1.165, 1.54) is 0 Å². The molecule has 2 N–H and O–H groups in total. The van der Waals surface area contributed by atoms with Crippen LogP contribution < -0.4 is 10.6 Å². The first-order chi connectivity index (χ1) is 9.34. The summed E-state index contributed by atoms with van der Waals surface area (Å²) in [6.45, 7) is 0. The molecule has 1 unspecified atom stereocenters. The van der Waals surface area contributed by atoms with E-state index in [0.29, 0.717) is 0 Å². The van der Waals surface area contributed by atoms with Gasteiger partial charge in [-0.2, -0.15) is 0 Å². The third-order valence-electron chi connectivity index (χ3n) is 3.19. The first-order valence-electron chi connectivity index (χ1n) is 6.22. The number of hydrogen-bond acceptors (Lipinski definition) is 1. The van der Waals surface area contributed by atoms with Crippen molar-refractivity contribution >= 4 is 11.6 Å². The van der Waals surface area contributed by atoms with Crippen LogP contribution in [0, 0.1) is 0 Å². The molecule has 94 valence electrons. The number of carbonyl (C=O) groups excluding carboxylic acids is 1. The number of rotatable bonds is 2. The summed E-state index contributed by atoms with van der Waals surface area (Å²) >= 11 is 0. The van der Waals surface area contributed by atoms with E-state index >= 15 is 0 Å². The van der Waals surface area contributed by atoms with Gasteiger partial charge in [0, 0.05) is 11.8 Å². The van der Waals surface area contributed by atoms with Gasteiger partial charge in [0.15, 0.2) is 0 Å². The van der Waals surface area contributed by atoms with Crippen molar-refractivity contribution in [3.05, 3.63) is 78.0 Å². The molecule has 2 aromatic carbocycles. The third kappa shape index (κ3) is 2.36. The summed E-state index contributed by atoms with van der Waals surface area (Å²) in [5.41, 5.74) is 3.24. The zero-order valence-electron chi connectivity index (χ0n) is 10.3. The molecular formula is C16H14N2O. The van der Waals surface area contributed by atoms with E-state index in [-0.39, 0.29) is 12.1 Å². The molecule has 0 spiro atoms. The van der Waals surface area contributed by atoms with Gasteiger partial charge in [0.05, 0.1) is 6.04 Å². The molecular weight excluding hydrogens is 236 g/mol. The summed E-state index contributed by atoms with van der Waals surface area (Å²) in [7, 11) is 0. The van der Waals surface area contributed by atoms with Crippen LogP contribution in [0.2, 0.25) is 0 Å². The van der Waals surface area contributed by atoms with Gasteiger partial charge in [0.25, 0.3) is 0 Å². The van der Waals surface area contributed by atoms with Crippen molar-refractivity contribution in [2.24, 2.45) is 0 Å². The maximum Gasteiger partial charge on any atom is 0.319 e. The molecule has 1 aliphatic rings. The molecule has 0 fully saturated rings. The van der Waals surface area contributed by atoms with E-state index in [2.05, 4.69) is 10.6 Å². The highest BCUT2D eigenvalue weighted by molar-refractivity contribution is 5.85. The number of benzene rings is 2. The highest BCUT2D eigenvalue weighted by Crippen LogP contribution is 2.30. The van der Waals surface area contributed by atoms with E-state index in [4.69, 9.17) is 0 Å². The molecule has 1 aliphatic heterocycles. The van der Waals surface area contributed by atoms with Crippen LogP contribution in [0.1, 0.15) is 17.2 Å². The Bertz CT molecular complexity index is 605. The predicted molar refractivity (Wildman–Crippen MR) is 75.3 cm³/mol. The molecule has 3 rings (SSSR count). The van der Waals surface area contributed by atoms with Crippen LogP contribution in [0.15, 0.2) is 66.9 Å². The van der Waals surface area contributed by atoms with Crippen molar-refractivity contribution < 1.29 is 4.79 Å². The molecule has 2 aromatic rings. The maximum absolute atomic E-state index is 11.6. The second-order valence-electron chi connectivity index (χ2n) is 4.43. The zero-order valence-corrected chi connectivity index (χ0v) is 10.3. The van der Waals surface area contributed by atoms with Gasteiger partial charge < -0.3 is 10.6 Å². The van der Waals surface area contributed by atoms with Crippen molar-refractivity contribution in [1.82, 2.24) is 10.6 Å². The van der Waals surface area contributed by atoms with E-state index in [1.807, 2.05) is 60.7 Å². The summed E-state index contributed by atoms with van der Waals surface area (Å²) in [4.78, 5) is 11.6. The first kappa shape index (κ1) is 11.5. The molecule has 0 radical (unpaired) electrons. The molecule has 0 saturated carbocycles. The van der Waals surface area contributed by atoms with Gasteiger partial charge in [0.2, 0.25) is 0 Å². The fourth-order valence-electron chi connectivity index (χ4n) is 2.27. The fraction of sp³-hybridized carbons (Fsp3) is 0.0625. The predicted octanol–water partition coefficient (Wildman–Crippen LogP) is 3.08. The molecule has 0 aromatic heterocycles.